The molecule has 0 N–H and O–H groups in total. The first-order valence-corrected chi connectivity index (χ1v) is 10.1. The molecular weight excluding hydrogens is 410 g/mol. The molecular formula is C21H28ClN3O3S. The molecule has 0 aliphatic heterocycles. The molecule has 2 heterocycles. The first kappa shape index (κ1) is 23.2. The Morgan fingerprint density at radius 3 is 2.52 bits per heavy atom. The van der Waals surface area contributed by atoms with Crippen LogP contribution >= 0.6 is 23.7 Å². The van der Waals surface area contributed by atoms with Crippen LogP contribution in [0.25, 0.3) is 10.2 Å². The number of carbonyl (C=O) groups excluding carboxylic acids is 1. The van der Waals surface area contributed by atoms with E-state index in [4.69, 9.17) is 14.1 Å². The van der Waals surface area contributed by atoms with Crippen LogP contribution in [-0.2, 0) is 0 Å². The molecule has 1 aromatic carbocycles. The number of ether oxygens (including phenoxy) is 1. The zero-order valence-electron chi connectivity index (χ0n) is 17.7. The van der Waals surface area contributed by atoms with E-state index in [9.17, 15) is 4.79 Å². The third-order valence-electron chi connectivity index (χ3n) is 4.65. The number of anilines is 1. The van der Waals surface area contributed by atoms with Gasteiger partial charge in [-0.1, -0.05) is 17.4 Å². The minimum absolute atomic E-state index is 0. The van der Waals surface area contributed by atoms with Gasteiger partial charge in [0.25, 0.3) is 5.91 Å². The Hall–Kier alpha value is -2.09. The summed E-state index contributed by atoms with van der Waals surface area (Å²) in [7, 11) is 5.70. The first-order chi connectivity index (χ1) is 13.3. The van der Waals surface area contributed by atoms with Crippen molar-refractivity contribution in [3.05, 3.63) is 40.8 Å². The zero-order chi connectivity index (χ0) is 20.4. The van der Waals surface area contributed by atoms with Crippen molar-refractivity contribution in [3.8, 4) is 5.75 Å². The summed E-state index contributed by atoms with van der Waals surface area (Å²) in [5.74, 6) is 2.01. The Labute approximate surface area is 181 Å². The highest BCUT2D eigenvalue weighted by atomic mass is 35.5. The van der Waals surface area contributed by atoms with Gasteiger partial charge in [-0.05, 0) is 65.5 Å². The molecule has 0 spiro atoms. The Morgan fingerprint density at radius 2 is 1.93 bits per heavy atom. The number of amides is 1. The lowest BCUT2D eigenvalue weighted by Gasteiger charge is -2.20. The van der Waals surface area contributed by atoms with Crippen LogP contribution in [0.5, 0.6) is 5.75 Å². The van der Waals surface area contributed by atoms with Gasteiger partial charge in [-0.15, -0.1) is 12.4 Å². The second-order valence-corrected chi connectivity index (χ2v) is 8.18. The summed E-state index contributed by atoms with van der Waals surface area (Å²) in [5, 5.41) is 0.685. The standard InChI is InChI=1S/C21H27N3O3S.ClH/c1-13-8-9-17(26-6)18-19(13)28-21(22-18)24(11-7-10-23(4)5)20(25)16-12-14(2)27-15(16)3;/h8-9,12H,7,10-11H2,1-6H3;1H. The molecule has 8 heteroatoms. The molecule has 0 bridgehead atoms. The number of hydrogen-bond donors (Lipinski definition) is 0. The van der Waals surface area contributed by atoms with E-state index in [0.717, 1.165) is 40.3 Å². The molecule has 2 aromatic heterocycles. The first-order valence-electron chi connectivity index (χ1n) is 9.29. The Morgan fingerprint density at radius 1 is 1.21 bits per heavy atom. The van der Waals surface area contributed by atoms with E-state index in [2.05, 4.69) is 4.90 Å². The van der Waals surface area contributed by atoms with Crippen LogP contribution in [0.1, 0.15) is 33.9 Å². The van der Waals surface area contributed by atoms with Crippen molar-refractivity contribution in [2.24, 2.45) is 0 Å². The van der Waals surface area contributed by atoms with Crippen LogP contribution in [0.15, 0.2) is 22.6 Å². The number of thiazole rings is 1. The topological polar surface area (TPSA) is 58.8 Å². The van der Waals surface area contributed by atoms with Crippen LogP contribution in [-0.4, -0.2) is 50.1 Å². The van der Waals surface area contributed by atoms with E-state index in [1.54, 1.807) is 18.1 Å². The van der Waals surface area contributed by atoms with E-state index in [-0.39, 0.29) is 18.3 Å². The van der Waals surface area contributed by atoms with Crippen LogP contribution in [0.2, 0.25) is 0 Å². The molecule has 3 aromatic rings. The highest BCUT2D eigenvalue weighted by molar-refractivity contribution is 7.22. The fraction of sp³-hybridized carbons (Fsp3) is 0.429. The van der Waals surface area contributed by atoms with E-state index >= 15 is 0 Å². The number of aromatic nitrogens is 1. The highest BCUT2D eigenvalue weighted by Gasteiger charge is 2.25. The molecule has 0 saturated carbocycles. The van der Waals surface area contributed by atoms with Crippen LogP contribution in [0.4, 0.5) is 5.13 Å². The monoisotopic (exact) mass is 437 g/mol. The van der Waals surface area contributed by atoms with Crippen molar-refractivity contribution in [3.63, 3.8) is 0 Å². The van der Waals surface area contributed by atoms with Gasteiger partial charge in [0.1, 0.15) is 22.8 Å². The lowest BCUT2D eigenvalue weighted by Crippen LogP contribution is -2.33. The van der Waals surface area contributed by atoms with Gasteiger partial charge in [0.05, 0.1) is 17.4 Å². The largest absolute Gasteiger partial charge is 0.494 e. The number of benzene rings is 1. The molecule has 0 unspecified atom stereocenters. The summed E-state index contributed by atoms with van der Waals surface area (Å²) >= 11 is 1.53. The van der Waals surface area contributed by atoms with E-state index in [0.29, 0.717) is 23.0 Å². The van der Waals surface area contributed by atoms with E-state index in [1.807, 2.05) is 47.0 Å². The molecule has 0 fully saturated rings. The van der Waals surface area contributed by atoms with Crippen molar-refractivity contribution >= 4 is 45.0 Å². The van der Waals surface area contributed by atoms with Crippen molar-refractivity contribution in [1.82, 2.24) is 9.88 Å². The normalized spacial score (nSPS) is 11.0. The van der Waals surface area contributed by atoms with Gasteiger partial charge in [0.15, 0.2) is 5.13 Å². The van der Waals surface area contributed by atoms with Gasteiger partial charge >= 0.3 is 0 Å². The summed E-state index contributed by atoms with van der Waals surface area (Å²) in [4.78, 5) is 22.0. The van der Waals surface area contributed by atoms with Crippen LogP contribution in [0, 0.1) is 20.8 Å². The average molecular weight is 438 g/mol. The number of rotatable bonds is 7. The zero-order valence-corrected chi connectivity index (χ0v) is 19.4. The molecule has 29 heavy (non-hydrogen) atoms. The number of furan rings is 1. The van der Waals surface area contributed by atoms with Gasteiger partial charge in [0, 0.05) is 6.54 Å². The number of methoxy groups -OCH3 is 1. The summed E-state index contributed by atoms with van der Waals surface area (Å²) in [5.41, 5.74) is 2.51. The van der Waals surface area contributed by atoms with E-state index in [1.165, 1.54) is 11.3 Å². The van der Waals surface area contributed by atoms with Gasteiger partial charge in [0.2, 0.25) is 0 Å². The van der Waals surface area contributed by atoms with Gasteiger partial charge in [-0.3, -0.25) is 9.69 Å². The predicted octanol–water partition coefficient (Wildman–Crippen LogP) is 4.84. The molecule has 0 saturated heterocycles. The summed E-state index contributed by atoms with van der Waals surface area (Å²) in [6, 6.07) is 5.74. The molecule has 6 nitrogen and oxygen atoms in total. The maximum atomic E-state index is 13.4. The maximum Gasteiger partial charge on any atom is 0.263 e. The second-order valence-electron chi connectivity index (χ2n) is 7.20. The lowest BCUT2D eigenvalue weighted by atomic mass is 10.2. The number of carbonyl (C=O) groups is 1. The molecule has 3 rings (SSSR count). The number of aryl methyl sites for hydroxylation is 3. The fourth-order valence-electron chi connectivity index (χ4n) is 3.20. The van der Waals surface area contributed by atoms with Gasteiger partial charge < -0.3 is 14.1 Å². The van der Waals surface area contributed by atoms with Crippen molar-refractivity contribution in [1.29, 1.82) is 0 Å². The lowest BCUT2D eigenvalue weighted by molar-refractivity contribution is 0.0984. The third kappa shape index (κ3) is 4.91. The molecule has 158 valence electrons. The Balaban J connectivity index is 0.00000300. The van der Waals surface area contributed by atoms with Crippen LogP contribution in [0.3, 0.4) is 0 Å². The number of fused-ring (bicyclic) bond motifs is 1. The van der Waals surface area contributed by atoms with Gasteiger partial charge in [-0.25, -0.2) is 4.98 Å². The molecule has 1 amide bonds. The molecule has 0 aliphatic carbocycles. The van der Waals surface area contributed by atoms with Gasteiger partial charge in [-0.2, -0.15) is 0 Å². The summed E-state index contributed by atoms with van der Waals surface area (Å²) in [6.45, 7) is 7.20. The van der Waals surface area contributed by atoms with Crippen molar-refractivity contribution < 1.29 is 13.9 Å². The quantitative estimate of drug-likeness (QED) is 0.529. The van der Waals surface area contributed by atoms with Crippen LogP contribution < -0.4 is 9.64 Å². The summed E-state index contributed by atoms with van der Waals surface area (Å²) < 4.78 is 12.1. The maximum absolute atomic E-state index is 13.4. The summed E-state index contributed by atoms with van der Waals surface area (Å²) in [6.07, 6.45) is 0.848. The SMILES string of the molecule is COc1ccc(C)c2sc(N(CCCN(C)C)C(=O)c3cc(C)oc3C)nc12.Cl. The molecule has 0 atom stereocenters. The second kappa shape index (κ2) is 9.61. The number of nitrogens with zero attached hydrogens (tertiary/aromatic N) is 3. The Kier molecular flexibility index (Phi) is 7.68. The van der Waals surface area contributed by atoms with E-state index < -0.39 is 0 Å². The third-order valence-corrected chi connectivity index (χ3v) is 5.86. The molecule has 0 aliphatic rings. The number of hydrogen-bond acceptors (Lipinski definition) is 6. The fourth-order valence-corrected chi connectivity index (χ4v) is 4.27. The molecule has 0 radical (unpaired) electrons. The smallest absolute Gasteiger partial charge is 0.263 e. The van der Waals surface area contributed by atoms with Crippen molar-refractivity contribution in [2.75, 3.05) is 39.2 Å². The Bertz CT molecular complexity index is 997. The number of halogens is 1. The highest BCUT2D eigenvalue weighted by Crippen LogP contribution is 2.37. The van der Waals surface area contributed by atoms with Crippen molar-refractivity contribution in [2.45, 2.75) is 27.2 Å². The minimum Gasteiger partial charge on any atom is -0.494 e. The average Bonchev–Trinajstić information content (AvgIpc) is 3.22. The predicted molar refractivity (Wildman–Crippen MR) is 121 cm³/mol. The minimum atomic E-state index is -0.0798.